The second-order valence-corrected chi connectivity index (χ2v) is 9.32. The predicted molar refractivity (Wildman–Crippen MR) is 141 cm³/mol. The van der Waals surface area contributed by atoms with Gasteiger partial charge < -0.3 is 19.7 Å². The molecule has 186 valence electrons. The first kappa shape index (κ1) is 24.0. The fourth-order valence-electron chi connectivity index (χ4n) is 4.59. The van der Waals surface area contributed by atoms with Gasteiger partial charge in [0.15, 0.2) is 5.82 Å². The number of hydrogen-bond donors (Lipinski definition) is 2. The molecule has 4 aromatic rings. The Morgan fingerprint density at radius 1 is 1.00 bits per heavy atom. The molecule has 8 heteroatoms. The summed E-state index contributed by atoms with van der Waals surface area (Å²) in [5.74, 6) is 1.80. The Morgan fingerprint density at radius 3 is 2.50 bits per heavy atom. The van der Waals surface area contributed by atoms with Gasteiger partial charge in [-0.25, -0.2) is 9.97 Å². The standard InChI is InChI=1S/C28H31N5O3/c1-19(2)32-11-13-33(14-12-32)25-10-6-9-23(29-25)27-30-24-16-22(36-18-20-7-4-3-5-8-20)15-21(17-34)26(24)28(35)31-27/h3-10,15-16,19,34H,11-14,17-18H2,1-2H3,(H,30,31,35). The van der Waals surface area contributed by atoms with Gasteiger partial charge in [0.05, 0.1) is 17.5 Å². The Balaban J connectivity index is 1.45. The van der Waals surface area contributed by atoms with Crippen molar-refractivity contribution in [1.29, 1.82) is 0 Å². The molecule has 0 spiro atoms. The third-order valence-corrected chi connectivity index (χ3v) is 6.63. The normalized spacial score (nSPS) is 14.5. The third-order valence-electron chi connectivity index (χ3n) is 6.63. The Morgan fingerprint density at radius 2 is 1.78 bits per heavy atom. The summed E-state index contributed by atoms with van der Waals surface area (Å²) in [6, 6.07) is 19.6. The lowest BCUT2D eigenvalue weighted by Crippen LogP contribution is -2.49. The molecule has 1 aliphatic rings. The van der Waals surface area contributed by atoms with Crippen LogP contribution in [0.15, 0.2) is 65.5 Å². The highest BCUT2D eigenvalue weighted by Crippen LogP contribution is 2.25. The van der Waals surface area contributed by atoms with E-state index < -0.39 is 0 Å². The summed E-state index contributed by atoms with van der Waals surface area (Å²) in [5, 5.41) is 10.3. The molecule has 0 amide bonds. The van der Waals surface area contributed by atoms with Crippen LogP contribution in [0.2, 0.25) is 0 Å². The van der Waals surface area contributed by atoms with Gasteiger partial charge in [-0.3, -0.25) is 9.69 Å². The summed E-state index contributed by atoms with van der Waals surface area (Å²) in [4.78, 5) is 30.2. The lowest BCUT2D eigenvalue weighted by molar-refractivity contribution is 0.209. The predicted octanol–water partition coefficient (Wildman–Crippen LogP) is 3.59. The Bertz CT molecular complexity index is 1400. The van der Waals surface area contributed by atoms with Crippen molar-refractivity contribution in [3.63, 3.8) is 0 Å². The smallest absolute Gasteiger partial charge is 0.259 e. The highest BCUT2D eigenvalue weighted by molar-refractivity contribution is 5.84. The van der Waals surface area contributed by atoms with Crippen LogP contribution in [-0.4, -0.2) is 57.2 Å². The largest absolute Gasteiger partial charge is 0.489 e. The molecule has 0 unspecified atom stereocenters. The van der Waals surface area contributed by atoms with E-state index in [0.717, 1.165) is 37.6 Å². The molecule has 36 heavy (non-hydrogen) atoms. The number of rotatable bonds is 7. The van der Waals surface area contributed by atoms with Crippen molar-refractivity contribution in [1.82, 2.24) is 19.9 Å². The van der Waals surface area contributed by atoms with E-state index >= 15 is 0 Å². The highest BCUT2D eigenvalue weighted by atomic mass is 16.5. The molecule has 0 bridgehead atoms. The van der Waals surface area contributed by atoms with Crippen LogP contribution in [0.1, 0.15) is 25.0 Å². The summed E-state index contributed by atoms with van der Waals surface area (Å²) in [7, 11) is 0. The quantitative estimate of drug-likeness (QED) is 0.413. The van der Waals surface area contributed by atoms with Gasteiger partial charge in [-0.1, -0.05) is 36.4 Å². The van der Waals surface area contributed by atoms with E-state index in [1.165, 1.54) is 0 Å². The van der Waals surface area contributed by atoms with Crippen LogP contribution >= 0.6 is 0 Å². The molecule has 2 N–H and O–H groups in total. The van der Waals surface area contributed by atoms with Gasteiger partial charge in [0.2, 0.25) is 0 Å². The van der Waals surface area contributed by atoms with Gasteiger partial charge in [-0.15, -0.1) is 0 Å². The van der Waals surface area contributed by atoms with Crippen molar-refractivity contribution in [2.45, 2.75) is 33.1 Å². The number of hydrogen-bond acceptors (Lipinski definition) is 7. The summed E-state index contributed by atoms with van der Waals surface area (Å²) >= 11 is 0. The zero-order chi connectivity index (χ0) is 25.1. The highest BCUT2D eigenvalue weighted by Gasteiger charge is 2.20. The molecule has 0 aliphatic carbocycles. The van der Waals surface area contributed by atoms with E-state index in [1.54, 1.807) is 12.1 Å². The molecule has 5 rings (SSSR count). The molecule has 0 radical (unpaired) electrons. The number of piperazine rings is 1. The van der Waals surface area contributed by atoms with Crippen molar-refractivity contribution in [3.05, 3.63) is 82.1 Å². The first-order valence-electron chi connectivity index (χ1n) is 12.3. The maximum Gasteiger partial charge on any atom is 0.259 e. The summed E-state index contributed by atoms with van der Waals surface area (Å²) in [5.41, 5.74) is 2.24. The van der Waals surface area contributed by atoms with Crippen LogP contribution in [0.5, 0.6) is 5.75 Å². The zero-order valence-electron chi connectivity index (χ0n) is 20.6. The number of ether oxygens (including phenoxy) is 1. The molecular weight excluding hydrogens is 454 g/mol. The second kappa shape index (κ2) is 10.5. The Hall–Kier alpha value is -3.75. The molecule has 2 aromatic heterocycles. The number of aliphatic hydroxyl groups is 1. The van der Waals surface area contributed by atoms with E-state index in [2.05, 4.69) is 28.6 Å². The van der Waals surface area contributed by atoms with E-state index in [1.807, 2.05) is 48.5 Å². The number of anilines is 1. The lowest BCUT2D eigenvalue weighted by atomic mass is 10.1. The topological polar surface area (TPSA) is 94.6 Å². The number of pyridine rings is 1. The minimum atomic E-state index is -0.314. The van der Waals surface area contributed by atoms with Gasteiger partial charge in [0, 0.05) is 38.3 Å². The second-order valence-electron chi connectivity index (χ2n) is 9.32. The summed E-state index contributed by atoms with van der Waals surface area (Å²) in [6.45, 7) is 8.30. The Kier molecular flexibility index (Phi) is 6.97. The van der Waals surface area contributed by atoms with Crippen molar-refractivity contribution in [2.75, 3.05) is 31.1 Å². The summed E-state index contributed by atoms with van der Waals surface area (Å²) < 4.78 is 5.96. The first-order valence-corrected chi connectivity index (χ1v) is 12.3. The van der Waals surface area contributed by atoms with Gasteiger partial charge in [0.1, 0.15) is 23.9 Å². The van der Waals surface area contributed by atoms with Crippen LogP contribution in [0.3, 0.4) is 0 Å². The lowest BCUT2D eigenvalue weighted by Gasteiger charge is -2.37. The monoisotopic (exact) mass is 485 g/mol. The minimum absolute atomic E-state index is 0.292. The number of H-pyrrole nitrogens is 1. The number of aromatic amines is 1. The number of aromatic nitrogens is 3. The van der Waals surface area contributed by atoms with Gasteiger partial charge in [0.25, 0.3) is 5.56 Å². The molecule has 1 fully saturated rings. The fourth-order valence-corrected chi connectivity index (χ4v) is 4.59. The molecule has 8 nitrogen and oxygen atoms in total. The van der Waals surface area contributed by atoms with E-state index in [4.69, 9.17) is 14.7 Å². The number of nitrogens with zero attached hydrogens (tertiary/aromatic N) is 4. The maximum atomic E-state index is 13.0. The van der Waals surface area contributed by atoms with E-state index in [0.29, 0.717) is 46.4 Å². The average molecular weight is 486 g/mol. The van der Waals surface area contributed by atoms with E-state index in [-0.39, 0.29) is 12.2 Å². The fraction of sp³-hybridized carbons (Fsp3) is 0.321. The maximum absolute atomic E-state index is 13.0. The van der Waals surface area contributed by atoms with E-state index in [9.17, 15) is 9.90 Å². The van der Waals surface area contributed by atoms with Gasteiger partial charge in [-0.2, -0.15) is 0 Å². The van der Waals surface area contributed by atoms with Crippen molar-refractivity contribution >= 4 is 16.7 Å². The zero-order valence-corrected chi connectivity index (χ0v) is 20.6. The number of fused-ring (bicyclic) bond motifs is 1. The first-order chi connectivity index (χ1) is 17.5. The van der Waals surface area contributed by atoms with Crippen LogP contribution < -0.4 is 15.2 Å². The van der Waals surface area contributed by atoms with Crippen molar-refractivity contribution in [2.24, 2.45) is 0 Å². The van der Waals surface area contributed by atoms with Crippen LogP contribution in [0.25, 0.3) is 22.4 Å². The molecular formula is C28H31N5O3. The van der Waals surface area contributed by atoms with Crippen LogP contribution in [0, 0.1) is 0 Å². The number of benzene rings is 2. The minimum Gasteiger partial charge on any atom is -0.489 e. The van der Waals surface area contributed by atoms with Crippen molar-refractivity contribution in [3.8, 4) is 17.3 Å². The molecule has 0 atom stereocenters. The molecule has 1 aliphatic heterocycles. The van der Waals surface area contributed by atoms with Crippen molar-refractivity contribution < 1.29 is 9.84 Å². The average Bonchev–Trinajstić information content (AvgIpc) is 2.92. The van der Waals surface area contributed by atoms with Gasteiger partial charge >= 0.3 is 0 Å². The third kappa shape index (κ3) is 5.10. The van der Waals surface area contributed by atoms with Gasteiger partial charge in [-0.05, 0) is 43.2 Å². The summed E-state index contributed by atoms with van der Waals surface area (Å²) in [6.07, 6.45) is 0. The van der Waals surface area contributed by atoms with Crippen LogP contribution in [0.4, 0.5) is 5.82 Å². The SMILES string of the molecule is CC(C)N1CCN(c2cccc(-c3nc4cc(OCc5ccccc5)cc(CO)c4c(=O)[nH]3)n2)CC1. The molecule has 1 saturated heterocycles. The Labute approximate surface area is 210 Å². The molecule has 3 heterocycles. The van der Waals surface area contributed by atoms with Crippen LogP contribution in [-0.2, 0) is 13.2 Å². The number of nitrogens with one attached hydrogen (secondary N) is 1. The molecule has 0 saturated carbocycles. The molecule has 2 aromatic carbocycles. The number of aliphatic hydroxyl groups excluding tert-OH is 1.